The van der Waals surface area contributed by atoms with Gasteiger partial charge in [-0.2, -0.15) is 0 Å². The van der Waals surface area contributed by atoms with Gasteiger partial charge in [-0.3, -0.25) is 19.3 Å². The quantitative estimate of drug-likeness (QED) is 0.480. The predicted octanol–water partition coefficient (Wildman–Crippen LogP) is 3.42. The molecule has 0 saturated carbocycles. The lowest BCUT2D eigenvalue weighted by atomic mass is 9.84. The molecule has 0 aromatic heterocycles. The average Bonchev–Trinajstić information content (AvgIpc) is 3.09. The number of nitrogens with one attached hydrogen (secondary N) is 3. The SMILES string of the molecule is Cc1cccc(NC(=O)c2ccccc2NC(=O)CN2C(=O)NC3(CCOc4ccccc43)C2=O)c1. The van der Waals surface area contributed by atoms with E-state index in [1.807, 2.05) is 25.1 Å². The maximum atomic E-state index is 13.4. The highest BCUT2D eigenvalue weighted by atomic mass is 16.5. The Morgan fingerprint density at radius 3 is 2.61 bits per heavy atom. The van der Waals surface area contributed by atoms with Crippen molar-refractivity contribution in [2.24, 2.45) is 0 Å². The molecule has 1 fully saturated rings. The molecule has 1 atom stereocenters. The van der Waals surface area contributed by atoms with Crippen LogP contribution < -0.4 is 20.7 Å². The van der Waals surface area contributed by atoms with Crippen molar-refractivity contribution >= 4 is 35.1 Å². The molecule has 5 amide bonds. The Morgan fingerprint density at radius 1 is 1.00 bits per heavy atom. The Morgan fingerprint density at radius 2 is 1.78 bits per heavy atom. The highest BCUT2D eigenvalue weighted by Gasteiger charge is 2.55. The van der Waals surface area contributed by atoms with E-state index in [1.165, 1.54) is 0 Å². The van der Waals surface area contributed by atoms with Gasteiger partial charge in [0.15, 0.2) is 5.54 Å². The summed E-state index contributed by atoms with van der Waals surface area (Å²) < 4.78 is 5.63. The van der Waals surface area contributed by atoms with Crippen molar-refractivity contribution in [2.45, 2.75) is 18.9 Å². The van der Waals surface area contributed by atoms with E-state index < -0.39 is 35.8 Å². The summed E-state index contributed by atoms with van der Waals surface area (Å²) in [7, 11) is 0. The number of aryl methyl sites for hydroxylation is 1. The van der Waals surface area contributed by atoms with Crippen LogP contribution >= 0.6 is 0 Å². The molecule has 182 valence electrons. The van der Waals surface area contributed by atoms with Crippen LogP contribution in [0.15, 0.2) is 72.8 Å². The molecule has 36 heavy (non-hydrogen) atoms. The van der Waals surface area contributed by atoms with Gasteiger partial charge in [-0.1, -0.05) is 42.5 Å². The number of amides is 5. The first-order chi connectivity index (χ1) is 17.4. The van der Waals surface area contributed by atoms with Gasteiger partial charge in [-0.25, -0.2) is 4.79 Å². The van der Waals surface area contributed by atoms with Gasteiger partial charge in [0.05, 0.1) is 17.9 Å². The van der Waals surface area contributed by atoms with Crippen LogP contribution in [0.5, 0.6) is 5.75 Å². The summed E-state index contributed by atoms with van der Waals surface area (Å²) in [6.07, 6.45) is 0.259. The van der Waals surface area contributed by atoms with E-state index in [1.54, 1.807) is 54.6 Å². The number of carbonyl (C=O) groups is 4. The fourth-order valence-corrected chi connectivity index (χ4v) is 4.56. The predicted molar refractivity (Wildman–Crippen MR) is 133 cm³/mol. The number of benzene rings is 3. The molecule has 2 aliphatic rings. The maximum Gasteiger partial charge on any atom is 0.325 e. The molecule has 0 bridgehead atoms. The van der Waals surface area contributed by atoms with Crippen molar-refractivity contribution < 1.29 is 23.9 Å². The van der Waals surface area contributed by atoms with Gasteiger partial charge in [0, 0.05) is 17.7 Å². The molecule has 1 saturated heterocycles. The fraction of sp³-hybridized carbons (Fsp3) is 0.185. The Balaban J connectivity index is 1.31. The lowest BCUT2D eigenvalue weighted by Gasteiger charge is -2.33. The number of fused-ring (bicyclic) bond motifs is 2. The van der Waals surface area contributed by atoms with Crippen molar-refractivity contribution in [2.75, 3.05) is 23.8 Å². The van der Waals surface area contributed by atoms with Crippen LogP contribution in [0.2, 0.25) is 0 Å². The van der Waals surface area contributed by atoms with Crippen molar-refractivity contribution in [1.82, 2.24) is 10.2 Å². The summed E-state index contributed by atoms with van der Waals surface area (Å²) in [4.78, 5) is 52.9. The second-order valence-electron chi connectivity index (χ2n) is 8.74. The minimum Gasteiger partial charge on any atom is -0.493 e. The molecule has 0 aliphatic carbocycles. The number of nitrogens with zero attached hydrogens (tertiary/aromatic N) is 1. The number of hydrogen-bond donors (Lipinski definition) is 3. The van der Waals surface area contributed by atoms with Crippen molar-refractivity contribution in [3.05, 3.63) is 89.5 Å². The first kappa shape index (κ1) is 23.1. The third-order valence-corrected chi connectivity index (χ3v) is 6.28. The van der Waals surface area contributed by atoms with Crippen LogP contribution in [0.3, 0.4) is 0 Å². The lowest BCUT2D eigenvalue weighted by molar-refractivity contribution is -0.135. The van der Waals surface area contributed by atoms with Gasteiger partial charge in [-0.15, -0.1) is 0 Å². The summed E-state index contributed by atoms with van der Waals surface area (Å²) in [6, 6.07) is 20.3. The van der Waals surface area contributed by atoms with Gasteiger partial charge in [0.1, 0.15) is 12.3 Å². The second-order valence-corrected chi connectivity index (χ2v) is 8.74. The summed E-state index contributed by atoms with van der Waals surface area (Å²) in [5, 5.41) is 8.26. The van der Waals surface area contributed by atoms with Crippen LogP contribution in [0, 0.1) is 6.92 Å². The zero-order chi connectivity index (χ0) is 25.3. The van der Waals surface area contributed by atoms with Crippen molar-refractivity contribution in [1.29, 1.82) is 0 Å². The molecule has 3 aromatic rings. The van der Waals surface area contributed by atoms with E-state index in [2.05, 4.69) is 16.0 Å². The van der Waals surface area contributed by atoms with E-state index in [0.717, 1.165) is 10.5 Å². The number of urea groups is 1. The van der Waals surface area contributed by atoms with Crippen LogP contribution in [-0.2, 0) is 15.1 Å². The van der Waals surface area contributed by atoms with E-state index in [9.17, 15) is 19.2 Å². The third kappa shape index (κ3) is 4.15. The highest BCUT2D eigenvalue weighted by molar-refractivity contribution is 6.13. The smallest absolute Gasteiger partial charge is 0.325 e. The maximum absolute atomic E-state index is 13.4. The monoisotopic (exact) mass is 484 g/mol. The van der Waals surface area contributed by atoms with Crippen LogP contribution in [0.25, 0.3) is 0 Å². The van der Waals surface area contributed by atoms with Gasteiger partial charge in [0.25, 0.3) is 11.8 Å². The number of ether oxygens (including phenoxy) is 1. The number of para-hydroxylation sites is 2. The Hall–Kier alpha value is -4.66. The normalized spacial score (nSPS) is 18.3. The lowest BCUT2D eigenvalue weighted by Crippen LogP contribution is -2.48. The largest absolute Gasteiger partial charge is 0.493 e. The number of hydrogen-bond acceptors (Lipinski definition) is 5. The molecule has 3 aromatic carbocycles. The molecule has 3 N–H and O–H groups in total. The summed E-state index contributed by atoms with van der Waals surface area (Å²) in [6.45, 7) is 1.68. The van der Waals surface area contributed by atoms with Gasteiger partial charge in [-0.05, 0) is 42.8 Å². The molecular formula is C27H24N4O5. The second kappa shape index (κ2) is 9.18. The Kier molecular flexibility index (Phi) is 5.89. The highest BCUT2D eigenvalue weighted by Crippen LogP contribution is 2.40. The number of anilines is 2. The van der Waals surface area contributed by atoms with Crippen LogP contribution in [-0.4, -0.2) is 41.8 Å². The fourth-order valence-electron chi connectivity index (χ4n) is 4.56. The molecular weight excluding hydrogens is 460 g/mol. The third-order valence-electron chi connectivity index (χ3n) is 6.28. The summed E-state index contributed by atoms with van der Waals surface area (Å²) in [5.74, 6) is -0.989. The molecule has 9 nitrogen and oxygen atoms in total. The van der Waals surface area contributed by atoms with Crippen LogP contribution in [0.4, 0.5) is 16.2 Å². The first-order valence-electron chi connectivity index (χ1n) is 11.5. The standard InChI is InChI=1S/C27H24N4O5/c1-17-7-6-8-18(15-17)28-24(33)19-9-2-4-11-21(19)29-23(32)16-31-25(34)27(30-26(31)35)13-14-36-22-12-5-3-10-20(22)27/h2-12,15H,13-14,16H2,1H3,(H,28,33)(H,29,32)(H,30,35). The zero-order valence-electron chi connectivity index (χ0n) is 19.5. The number of carbonyl (C=O) groups excluding carboxylic acids is 4. The Bertz CT molecular complexity index is 1390. The zero-order valence-corrected chi connectivity index (χ0v) is 19.5. The van der Waals surface area contributed by atoms with E-state index in [0.29, 0.717) is 17.0 Å². The Labute approximate surface area is 207 Å². The van der Waals surface area contributed by atoms with E-state index in [4.69, 9.17) is 4.74 Å². The summed E-state index contributed by atoms with van der Waals surface area (Å²) >= 11 is 0. The number of imide groups is 1. The summed E-state index contributed by atoms with van der Waals surface area (Å²) in [5.41, 5.74) is 1.44. The van der Waals surface area contributed by atoms with E-state index in [-0.39, 0.29) is 24.3 Å². The van der Waals surface area contributed by atoms with Gasteiger partial charge >= 0.3 is 6.03 Å². The molecule has 5 rings (SSSR count). The molecule has 0 radical (unpaired) electrons. The topological polar surface area (TPSA) is 117 Å². The van der Waals surface area contributed by atoms with Gasteiger partial charge < -0.3 is 20.7 Å². The molecule has 1 spiro atoms. The molecule has 9 heteroatoms. The van der Waals surface area contributed by atoms with E-state index >= 15 is 0 Å². The van der Waals surface area contributed by atoms with Crippen molar-refractivity contribution in [3.63, 3.8) is 0 Å². The minimum atomic E-state index is -1.27. The number of rotatable bonds is 5. The molecule has 1 unspecified atom stereocenters. The first-order valence-corrected chi connectivity index (χ1v) is 11.5. The van der Waals surface area contributed by atoms with Crippen LogP contribution in [0.1, 0.15) is 27.9 Å². The minimum absolute atomic E-state index is 0.249. The van der Waals surface area contributed by atoms with Gasteiger partial charge in [0.2, 0.25) is 5.91 Å². The van der Waals surface area contributed by atoms with Crippen molar-refractivity contribution in [3.8, 4) is 5.75 Å². The molecule has 2 heterocycles. The molecule has 2 aliphatic heterocycles. The average molecular weight is 485 g/mol.